The molecule has 2 aromatic heterocycles. The van der Waals surface area contributed by atoms with E-state index in [-0.39, 0.29) is 0 Å². The van der Waals surface area contributed by atoms with Crippen LogP contribution in [0.1, 0.15) is 11.5 Å². The molecule has 0 spiro atoms. The molecule has 6 aromatic carbocycles. The maximum absolute atomic E-state index is 3.74. The van der Waals surface area contributed by atoms with Gasteiger partial charge >= 0.3 is 0 Å². The second-order valence-corrected chi connectivity index (χ2v) is 12.2. The summed E-state index contributed by atoms with van der Waals surface area (Å²) < 4.78 is 4.79. The van der Waals surface area contributed by atoms with Crippen LogP contribution in [0.5, 0.6) is 0 Å². The van der Waals surface area contributed by atoms with Crippen LogP contribution in [-0.4, -0.2) is 15.2 Å². The minimum atomic E-state index is 0.334. The maximum atomic E-state index is 3.74. The van der Waals surface area contributed by atoms with E-state index in [0.29, 0.717) is 12.0 Å². The molecule has 3 heterocycles. The molecule has 1 aliphatic heterocycles. The molecule has 8 aromatic rings. The van der Waals surface area contributed by atoms with Gasteiger partial charge in [-0.15, -0.1) is 0 Å². The van der Waals surface area contributed by atoms with E-state index < -0.39 is 0 Å². The third-order valence-corrected chi connectivity index (χ3v) is 9.83. The maximum Gasteiger partial charge on any atom is 0.0551 e. The first-order valence-corrected chi connectivity index (χ1v) is 15.7. The first-order chi connectivity index (χ1) is 22.3. The summed E-state index contributed by atoms with van der Waals surface area (Å²) >= 11 is 0. The van der Waals surface area contributed by atoms with Crippen LogP contribution in [0.4, 0.5) is 5.69 Å². The van der Waals surface area contributed by atoms with Crippen molar-refractivity contribution in [1.29, 1.82) is 0 Å². The van der Waals surface area contributed by atoms with Gasteiger partial charge in [-0.1, -0.05) is 103 Å². The van der Waals surface area contributed by atoms with Crippen molar-refractivity contribution >= 4 is 49.2 Å². The Hall–Kier alpha value is -5.80. The number of nitrogens with one attached hydrogen (secondary N) is 1. The lowest BCUT2D eigenvalue weighted by Crippen LogP contribution is -2.17. The molecule has 0 bridgehead atoms. The van der Waals surface area contributed by atoms with Crippen LogP contribution in [0.25, 0.3) is 66.0 Å². The Bertz CT molecular complexity index is 2530. The smallest absolute Gasteiger partial charge is 0.0551 e. The predicted octanol–water partition coefficient (Wildman–Crippen LogP) is 10.6. The Morgan fingerprint density at radius 2 is 1.31 bits per heavy atom. The summed E-state index contributed by atoms with van der Waals surface area (Å²) in [5.74, 6) is 0.403. The molecule has 0 amide bonds. The highest BCUT2D eigenvalue weighted by Crippen LogP contribution is 2.43. The Balaban J connectivity index is 1.22. The second-order valence-electron chi connectivity index (χ2n) is 12.2. The SMILES string of the molecule is C1=CC2Nc3cc(-n4ccc5c6c7c8ccccc8ccc7n(-c7cccc(-c8ccccc8)c7)c6ccc54)ccc3C2C=C1. The Kier molecular flexibility index (Phi) is 5.11. The minimum Gasteiger partial charge on any atom is -0.378 e. The van der Waals surface area contributed by atoms with Gasteiger partial charge in [0.25, 0.3) is 0 Å². The summed E-state index contributed by atoms with van der Waals surface area (Å²) in [6.45, 7) is 0. The summed E-state index contributed by atoms with van der Waals surface area (Å²) in [6, 6.07) is 47.0. The van der Waals surface area contributed by atoms with Crippen LogP contribution in [0, 0.1) is 0 Å². The van der Waals surface area contributed by atoms with E-state index in [1.54, 1.807) is 0 Å². The van der Waals surface area contributed by atoms with Crippen molar-refractivity contribution in [3.8, 4) is 22.5 Å². The van der Waals surface area contributed by atoms with E-state index >= 15 is 0 Å². The lowest BCUT2D eigenvalue weighted by Gasteiger charge is -2.15. The van der Waals surface area contributed by atoms with Gasteiger partial charge in [0.15, 0.2) is 0 Å². The summed E-state index contributed by atoms with van der Waals surface area (Å²) in [4.78, 5) is 0. The molecular weight excluding hydrogens is 546 g/mol. The highest BCUT2D eigenvalue weighted by Gasteiger charge is 2.30. The molecule has 1 N–H and O–H groups in total. The largest absolute Gasteiger partial charge is 0.378 e. The molecule has 3 heteroatoms. The van der Waals surface area contributed by atoms with E-state index in [1.807, 2.05) is 0 Å². The second kappa shape index (κ2) is 9.35. The molecule has 3 nitrogen and oxygen atoms in total. The van der Waals surface area contributed by atoms with Crippen LogP contribution >= 0.6 is 0 Å². The first-order valence-electron chi connectivity index (χ1n) is 15.7. The zero-order chi connectivity index (χ0) is 29.5. The highest BCUT2D eigenvalue weighted by molar-refractivity contribution is 6.28. The topological polar surface area (TPSA) is 21.9 Å². The average Bonchev–Trinajstić information content (AvgIpc) is 3.80. The van der Waals surface area contributed by atoms with Crippen LogP contribution in [0.15, 0.2) is 158 Å². The number of aromatic nitrogens is 2. The van der Waals surface area contributed by atoms with Gasteiger partial charge in [-0.05, 0) is 76.0 Å². The quantitative estimate of drug-likeness (QED) is 0.222. The molecule has 2 atom stereocenters. The zero-order valence-corrected chi connectivity index (χ0v) is 24.6. The molecule has 0 radical (unpaired) electrons. The number of fused-ring (bicyclic) bond motifs is 10. The lowest BCUT2D eigenvalue weighted by molar-refractivity contribution is 0.805. The van der Waals surface area contributed by atoms with Gasteiger partial charge in [0.05, 0.1) is 22.6 Å². The summed E-state index contributed by atoms with van der Waals surface area (Å²) in [5, 5.41) is 10.1. The zero-order valence-electron chi connectivity index (χ0n) is 24.6. The number of hydrogen-bond acceptors (Lipinski definition) is 1. The lowest BCUT2D eigenvalue weighted by atomic mass is 9.92. The molecular formula is C42H29N3. The molecule has 2 unspecified atom stereocenters. The molecule has 0 saturated heterocycles. The minimum absolute atomic E-state index is 0.334. The Morgan fingerprint density at radius 1 is 0.533 bits per heavy atom. The van der Waals surface area contributed by atoms with Crippen molar-refractivity contribution in [1.82, 2.24) is 9.13 Å². The summed E-state index contributed by atoms with van der Waals surface area (Å²) in [6.07, 6.45) is 11.1. The average molecular weight is 576 g/mol. The number of anilines is 1. The molecule has 212 valence electrons. The Labute approximate surface area is 261 Å². The fraction of sp³-hybridized carbons (Fsp3) is 0.0476. The number of allylic oxidation sites excluding steroid dienone is 2. The number of rotatable bonds is 3. The van der Waals surface area contributed by atoms with Crippen molar-refractivity contribution < 1.29 is 0 Å². The van der Waals surface area contributed by atoms with Gasteiger partial charge in [0, 0.05) is 45.3 Å². The van der Waals surface area contributed by atoms with Crippen molar-refractivity contribution in [2.75, 3.05) is 5.32 Å². The van der Waals surface area contributed by atoms with Crippen LogP contribution in [-0.2, 0) is 0 Å². The molecule has 45 heavy (non-hydrogen) atoms. The van der Waals surface area contributed by atoms with Crippen molar-refractivity contribution in [2.45, 2.75) is 12.0 Å². The molecule has 2 aliphatic rings. The van der Waals surface area contributed by atoms with Crippen LogP contribution in [0.2, 0.25) is 0 Å². The number of benzene rings is 6. The van der Waals surface area contributed by atoms with Gasteiger partial charge in [-0.2, -0.15) is 0 Å². The van der Waals surface area contributed by atoms with Crippen LogP contribution < -0.4 is 5.32 Å². The predicted molar refractivity (Wildman–Crippen MR) is 189 cm³/mol. The van der Waals surface area contributed by atoms with Crippen LogP contribution in [0.3, 0.4) is 0 Å². The fourth-order valence-electron chi connectivity index (χ4n) is 7.78. The van der Waals surface area contributed by atoms with E-state index in [0.717, 1.165) is 0 Å². The van der Waals surface area contributed by atoms with Gasteiger partial charge in [0.2, 0.25) is 0 Å². The number of hydrogen-bond donors (Lipinski definition) is 1. The van der Waals surface area contributed by atoms with Gasteiger partial charge in [-0.25, -0.2) is 0 Å². The number of nitrogens with zero attached hydrogens (tertiary/aromatic N) is 2. The van der Waals surface area contributed by atoms with Gasteiger partial charge in [-0.3, -0.25) is 0 Å². The van der Waals surface area contributed by atoms with E-state index in [4.69, 9.17) is 0 Å². The van der Waals surface area contributed by atoms with E-state index in [9.17, 15) is 0 Å². The highest BCUT2D eigenvalue weighted by atomic mass is 15.0. The van der Waals surface area contributed by atoms with Crippen molar-refractivity contribution in [3.05, 3.63) is 163 Å². The summed E-state index contributed by atoms with van der Waals surface area (Å²) in [7, 11) is 0. The molecule has 0 fully saturated rings. The monoisotopic (exact) mass is 575 g/mol. The standard InChI is InChI=1S/C42H29N3/c1-2-9-27(10-3-1)29-12-8-13-31(25-29)45-39-20-17-28-11-4-5-14-32(28)41(39)42-35-23-24-44(38(35)21-22-40(42)45)30-18-19-34-33-15-6-7-16-36(33)43-37(34)26-30/h1-26,33,36,43H. The summed E-state index contributed by atoms with van der Waals surface area (Å²) in [5.41, 5.74) is 11.0. The molecule has 1 aliphatic carbocycles. The normalized spacial score (nSPS) is 16.9. The van der Waals surface area contributed by atoms with Gasteiger partial charge in [0.1, 0.15) is 0 Å². The Morgan fingerprint density at radius 3 is 2.24 bits per heavy atom. The first kappa shape index (κ1) is 24.6. The third kappa shape index (κ3) is 3.58. The third-order valence-electron chi connectivity index (χ3n) is 9.83. The van der Waals surface area contributed by atoms with Crippen molar-refractivity contribution in [2.24, 2.45) is 0 Å². The molecule has 10 rings (SSSR count). The van der Waals surface area contributed by atoms with E-state index in [1.165, 1.54) is 77.2 Å². The van der Waals surface area contributed by atoms with Gasteiger partial charge < -0.3 is 14.5 Å². The molecule has 0 saturated carbocycles. The fourth-order valence-corrected chi connectivity index (χ4v) is 7.78. The van der Waals surface area contributed by atoms with Crippen molar-refractivity contribution in [3.63, 3.8) is 0 Å². The van der Waals surface area contributed by atoms with E-state index in [2.05, 4.69) is 172 Å².